The van der Waals surface area contributed by atoms with Gasteiger partial charge in [0.1, 0.15) is 12.2 Å². The Morgan fingerprint density at radius 1 is 1.11 bits per heavy atom. The van der Waals surface area contributed by atoms with Crippen molar-refractivity contribution in [3.8, 4) is 0 Å². The average Bonchev–Trinajstić information content (AvgIpc) is 2.43. The van der Waals surface area contributed by atoms with Crippen LogP contribution in [0.5, 0.6) is 0 Å². The second-order valence-electron chi connectivity index (χ2n) is 8.97. The molecule has 0 fully saturated rings. The lowest BCUT2D eigenvalue weighted by atomic mass is 9.89. The number of hydrogen-bond donors (Lipinski definition) is 3. The molecule has 0 heterocycles. The van der Waals surface area contributed by atoms with E-state index >= 15 is 0 Å². The molecule has 0 aliphatic carbocycles. The van der Waals surface area contributed by atoms with Gasteiger partial charge in [0.25, 0.3) is 5.79 Å². The van der Waals surface area contributed by atoms with Gasteiger partial charge in [-0.2, -0.15) is 0 Å². The fourth-order valence-electron chi connectivity index (χ4n) is 2.37. The highest BCUT2D eigenvalue weighted by Gasteiger charge is 2.58. The molecular weight excluding hydrogens is 400 g/mol. The van der Waals surface area contributed by atoms with Gasteiger partial charge in [-0.25, -0.2) is 4.79 Å². The normalized spacial score (nSPS) is 18.6. The number of aliphatic hydroxyl groups is 3. The lowest BCUT2D eigenvalue weighted by Crippen LogP contribution is -2.64. The summed E-state index contributed by atoms with van der Waals surface area (Å²) in [6, 6.07) is 0. The molecule has 0 spiro atoms. The maximum atomic E-state index is 12.0. The first kappa shape index (κ1) is 26.7. The monoisotopic (exact) mass is 437 g/mol. The first-order valence-electron chi connectivity index (χ1n) is 9.09. The van der Waals surface area contributed by atoms with E-state index in [0.717, 1.165) is 0 Å². The molecular formula is C17H37O7Si3. The van der Waals surface area contributed by atoms with Crippen molar-refractivity contribution in [2.45, 2.75) is 83.4 Å². The SMILES string of the molecule is C=C(C)C(=O)OC(O)(CO)C(C)(O)C(CC)[Si](O[Si](C)(C)C)O[Si](C)(C)C. The van der Waals surface area contributed by atoms with Crippen molar-refractivity contribution in [3.05, 3.63) is 12.2 Å². The quantitative estimate of drug-likeness (QED) is 0.197. The molecule has 0 aliphatic rings. The summed E-state index contributed by atoms with van der Waals surface area (Å²) < 4.78 is 17.6. The minimum absolute atomic E-state index is 0.0490. The zero-order valence-corrected chi connectivity index (χ0v) is 21.2. The fourth-order valence-corrected chi connectivity index (χ4v) is 9.89. The molecule has 0 bridgehead atoms. The standard InChI is InChI=1S/C17H37O7Si3/c1-11-14(25(23-26(5,6)7)24-27(8,9)10)16(4,20)17(21,12-18)22-15(19)13(2)3/h14,18,20-21H,2,11-12H2,1,3-10H3. The predicted octanol–water partition coefficient (Wildman–Crippen LogP) is 2.51. The third-order valence-electron chi connectivity index (χ3n) is 3.80. The maximum absolute atomic E-state index is 12.0. The van der Waals surface area contributed by atoms with Gasteiger partial charge in [0.05, 0.1) is 0 Å². The van der Waals surface area contributed by atoms with Crippen molar-refractivity contribution in [1.82, 2.24) is 0 Å². The van der Waals surface area contributed by atoms with Crippen LogP contribution in [0.1, 0.15) is 27.2 Å². The molecule has 27 heavy (non-hydrogen) atoms. The van der Waals surface area contributed by atoms with Crippen LogP contribution in [0.3, 0.4) is 0 Å². The number of carbonyl (C=O) groups is 1. The topological polar surface area (TPSA) is 105 Å². The van der Waals surface area contributed by atoms with Gasteiger partial charge in [0.2, 0.25) is 0 Å². The van der Waals surface area contributed by atoms with Gasteiger partial charge in [0, 0.05) is 11.1 Å². The molecule has 1 radical (unpaired) electrons. The molecule has 0 aliphatic heterocycles. The molecule has 0 rings (SSSR count). The van der Waals surface area contributed by atoms with E-state index in [0.29, 0.717) is 6.42 Å². The minimum atomic E-state index is -2.51. The van der Waals surface area contributed by atoms with Crippen LogP contribution in [0.4, 0.5) is 0 Å². The van der Waals surface area contributed by atoms with Crippen LogP contribution < -0.4 is 0 Å². The zero-order chi connectivity index (χ0) is 21.8. The number of ether oxygens (including phenoxy) is 1. The van der Waals surface area contributed by atoms with Crippen LogP contribution in [-0.2, 0) is 17.8 Å². The molecule has 7 nitrogen and oxygen atoms in total. The molecule has 0 aromatic rings. The Labute approximate surface area is 167 Å². The minimum Gasteiger partial charge on any atom is -0.435 e. The summed E-state index contributed by atoms with van der Waals surface area (Å²) in [6.45, 7) is 19.2. The third-order valence-corrected chi connectivity index (χ3v) is 11.8. The summed E-state index contributed by atoms with van der Waals surface area (Å²) in [6.07, 6.45) is 0.406. The summed E-state index contributed by atoms with van der Waals surface area (Å²) in [5.41, 5.74) is -2.60. The Balaban J connectivity index is 6.04. The van der Waals surface area contributed by atoms with Crippen molar-refractivity contribution in [3.63, 3.8) is 0 Å². The van der Waals surface area contributed by atoms with E-state index < -0.39 is 55.4 Å². The summed E-state index contributed by atoms with van der Waals surface area (Å²) in [7, 11) is -6.13. The van der Waals surface area contributed by atoms with Crippen LogP contribution in [-0.4, -0.2) is 65.2 Å². The second kappa shape index (κ2) is 9.44. The third kappa shape index (κ3) is 7.89. The molecule has 0 saturated heterocycles. The van der Waals surface area contributed by atoms with Crippen molar-refractivity contribution in [2.24, 2.45) is 0 Å². The van der Waals surface area contributed by atoms with E-state index in [-0.39, 0.29) is 5.57 Å². The van der Waals surface area contributed by atoms with Gasteiger partial charge in [-0.05, 0) is 59.6 Å². The van der Waals surface area contributed by atoms with E-state index in [1.54, 1.807) is 0 Å². The van der Waals surface area contributed by atoms with Crippen molar-refractivity contribution < 1.29 is 33.1 Å². The number of esters is 1. The van der Waals surface area contributed by atoms with Gasteiger partial charge in [0.15, 0.2) is 16.6 Å². The van der Waals surface area contributed by atoms with Gasteiger partial charge in [-0.1, -0.05) is 13.5 Å². The molecule has 0 aromatic heterocycles. The van der Waals surface area contributed by atoms with E-state index in [9.17, 15) is 20.1 Å². The Morgan fingerprint density at radius 2 is 1.52 bits per heavy atom. The van der Waals surface area contributed by atoms with Gasteiger partial charge < -0.3 is 28.3 Å². The van der Waals surface area contributed by atoms with Crippen LogP contribution >= 0.6 is 0 Å². The molecule has 0 aromatic carbocycles. The number of carbonyl (C=O) groups excluding carboxylic acids is 1. The summed E-state index contributed by atoms with van der Waals surface area (Å²) in [5, 5.41) is 31.9. The molecule has 0 amide bonds. The van der Waals surface area contributed by atoms with Gasteiger partial charge >= 0.3 is 15.3 Å². The highest BCUT2D eigenvalue weighted by atomic mass is 28.4. The van der Waals surface area contributed by atoms with Crippen molar-refractivity contribution >= 4 is 31.9 Å². The Morgan fingerprint density at radius 3 is 1.78 bits per heavy atom. The Hall–Kier alpha value is -0.339. The van der Waals surface area contributed by atoms with Crippen LogP contribution in [0.15, 0.2) is 12.2 Å². The number of rotatable bonds is 11. The van der Waals surface area contributed by atoms with E-state index in [4.69, 9.17) is 13.0 Å². The predicted molar refractivity (Wildman–Crippen MR) is 112 cm³/mol. The molecule has 3 unspecified atom stereocenters. The lowest BCUT2D eigenvalue weighted by molar-refractivity contribution is -0.294. The van der Waals surface area contributed by atoms with E-state index in [1.807, 2.05) is 46.2 Å². The number of aliphatic hydroxyl groups excluding tert-OH is 1. The summed E-state index contributed by atoms with van der Waals surface area (Å²) in [5.74, 6) is -3.40. The highest BCUT2D eigenvalue weighted by molar-refractivity contribution is 6.81. The molecule has 159 valence electrons. The molecule has 0 saturated carbocycles. The van der Waals surface area contributed by atoms with Crippen molar-refractivity contribution in [2.75, 3.05) is 6.61 Å². The number of hydrogen-bond acceptors (Lipinski definition) is 7. The van der Waals surface area contributed by atoms with Crippen LogP contribution in [0, 0.1) is 0 Å². The lowest BCUT2D eigenvalue weighted by Gasteiger charge is -2.46. The van der Waals surface area contributed by atoms with E-state index in [1.165, 1.54) is 13.8 Å². The summed E-state index contributed by atoms with van der Waals surface area (Å²) >= 11 is 0. The highest BCUT2D eigenvalue weighted by Crippen LogP contribution is 2.41. The van der Waals surface area contributed by atoms with Crippen LogP contribution in [0.25, 0.3) is 0 Å². The first-order chi connectivity index (χ1) is 11.9. The Bertz CT molecular complexity index is 510. The fraction of sp³-hybridized carbons (Fsp3) is 0.824. The molecule has 3 N–H and O–H groups in total. The maximum Gasteiger partial charge on any atom is 0.369 e. The smallest absolute Gasteiger partial charge is 0.369 e. The second-order valence-corrected chi connectivity index (χ2v) is 20.4. The van der Waals surface area contributed by atoms with E-state index in [2.05, 4.69) is 6.58 Å². The molecule has 10 heteroatoms. The largest absolute Gasteiger partial charge is 0.435 e. The van der Waals surface area contributed by atoms with Crippen LogP contribution in [0.2, 0.25) is 44.8 Å². The summed E-state index contributed by atoms with van der Waals surface area (Å²) in [4.78, 5) is 12.0. The van der Waals surface area contributed by atoms with Gasteiger partial charge in [-0.3, -0.25) is 0 Å². The first-order valence-corrected chi connectivity index (χ1v) is 17.3. The zero-order valence-electron chi connectivity index (χ0n) is 18.2. The molecule has 3 atom stereocenters. The Kier molecular flexibility index (Phi) is 9.32. The van der Waals surface area contributed by atoms with Gasteiger partial charge in [-0.15, -0.1) is 0 Å². The van der Waals surface area contributed by atoms with Crippen molar-refractivity contribution in [1.29, 1.82) is 0 Å². The average molecular weight is 438 g/mol.